The number of nitrogens with zero attached hydrogens (tertiary/aromatic N) is 2. The topological polar surface area (TPSA) is 76.3 Å². The smallest absolute Gasteiger partial charge is 0.235 e. The van der Waals surface area contributed by atoms with Gasteiger partial charge < -0.3 is 5.73 Å². The zero-order valence-corrected chi connectivity index (χ0v) is 9.78. The highest BCUT2D eigenvalue weighted by Gasteiger charge is 2.25. The van der Waals surface area contributed by atoms with Crippen LogP contribution in [0, 0.1) is 0 Å². The standard InChI is InChI=1S/C10H15N3O2S/c11-8-9-7-10(3-4-12-9)13-5-1-2-6-16(13,14)15/h3-4,7H,1-2,5-6,8,11H2. The first-order valence-corrected chi connectivity index (χ1v) is 6.90. The molecule has 0 bridgehead atoms. The van der Waals surface area contributed by atoms with E-state index in [9.17, 15) is 8.42 Å². The summed E-state index contributed by atoms with van der Waals surface area (Å²) >= 11 is 0. The van der Waals surface area contributed by atoms with Crippen LogP contribution in [-0.4, -0.2) is 25.7 Å². The molecule has 1 aliphatic heterocycles. The molecule has 0 radical (unpaired) electrons. The van der Waals surface area contributed by atoms with Crippen LogP contribution in [0.2, 0.25) is 0 Å². The van der Waals surface area contributed by atoms with Gasteiger partial charge in [0.2, 0.25) is 10.0 Å². The van der Waals surface area contributed by atoms with Gasteiger partial charge in [0.1, 0.15) is 0 Å². The molecule has 5 nitrogen and oxygen atoms in total. The zero-order chi connectivity index (χ0) is 11.6. The molecular formula is C10H15N3O2S. The summed E-state index contributed by atoms with van der Waals surface area (Å²) in [6, 6.07) is 3.45. The highest BCUT2D eigenvalue weighted by atomic mass is 32.2. The summed E-state index contributed by atoms with van der Waals surface area (Å²) in [6.07, 6.45) is 3.24. The Labute approximate surface area is 95.3 Å². The average molecular weight is 241 g/mol. The largest absolute Gasteiger partial charge is 0.325 e. The molecule has 0 amide bonds. The molecule has 1 aliphatic rings. The lowest BCUT2D eigenvalue weighted by Gasteiger charge is -2.28. The molecule has 0 aliphatic carbocycles. The molecule has 1 fully saturated rings. The van der Waals surface area contributed by atoms with Crippen molar-refractivity contribution in [2.24, 2.45) is 5.73 Å². The number of anilines is 1. The molecule has 2 N–H and O–H groups in total. The number of hydrogen-bond donors (Lipinski definition) is 1. The first-order valence-electron chi connectivity index (χ1n) is 5.29. The van der Waals surface area contributed by atoms with E-state index in [2.05, 4.69) is 4.98 Å². The second-order valence-electron chi connectivity index (χ2n) is 3.80. The van der Waals surface area contributed by atoms with Gasteiger partial charge in [-0.2, -0.15) is 0 Å². The van der Waals surface area contributed by atoms with E-state index >= 15 is 0 Å². The van der Waals surface area contributed by atoms with Crippen LogP contribution < -0.4 is 10.0 Å². The maximum atomic E-state index is 11.9. The van der Waals surface area contributed by atoms with E-state index < -0.39 is 10.0 Å². The SMILES string of the molecule is NCc1cc(N2CCCCS2(=O)=O)ccn1. The first kappa shape index (κ1) is 11.3. The molecule has 16 heavy (non-hydrogen) atoms. The lowest BCUT2D eigenvalue weighted by molar-refractivity contribution is 0.574. The van der Waals surface area contributed by atoms with Crippen molar-refractivity contribution in [1.29, 1.82) is 0 Å². The van der Waals surface area contributed by atoms with Gasteiger partial charge in [0.15, 0.2) is 0 Å². The summed E-state index contributed by atoms with van der Waals surface area (Å²) in [7, 11) is -3.14. The van der Waals surface area contributed by atoms with Crippen LogP contribution in [0.25, 0.3) is 0 Å². The third kappa shape index (κ3) is 2.17. The van der Waals surface area contributed by atoms with Crippen LogP contribution in [0.15, 0.2) is 18.3 Å². The van der Waals surface area contributed by atoms with E-state index in [4.69, 9.17) is 5.73 Å². The summed E-state index contributed by atoms with van der Waals surface area (Å²) in [5.41, 5.74) is 6.87. The van der Waals surface area contributed by atoms with Crippen molar-refractivity contribution in [3.8, 4) is 0 Å². The summed E-state index contributed by atoms with van der Waals surface area (Å²) in [4.78, 5) is 4.05. The molecule has 2 rings (SSSR count). The van der Waals surface area contributed by atoms with Crippen LogP contribution in [-0.2, 0) is 16.6 Å². The Morgan fingerprint density at radius 1 is 1.44 bits per heavy atom. The molecule has 1 aromatic heterocycles. The second-order valence-corrected chi connectivity index (χ2v) is 5.82. The molecule has 2 heterocycles. The van der Waals surface area contributed by atoms with Gasteiger partial charge in [-0.05, 0) is 25.0 Å². The monoisotopic (exact) mass is 241 g/mol. The predicted octanol–water partition coefficient (Wildman–Crippen LogP) is 0.470. The van der Waals surface area contributed by atoms with E-state index in [0.717, 1.165) is 12.8 Å². The number of rotatable bonds is 2. The van der Waals surface area contributed by atoms with Crippen molar-refractivity contribution < 1.29 is 8.42 Å². The van der Waals surface area contributed by atoms with Crippen molar-refractivity contribution in [2.75, 3.05) is 16.6 Å². The van der Waals surface area contributed by atoms with Crippen LogP contribution >= 0.6 is 0 Å². The molecule has 1 saturated heterocycles. The van der Waals surface area contributed by atoms with Gasteiger partial charge in [0.05, 0.1) is 17.1 Å². The molecule has 1 aromatic rings. The minimum absolute atomic E-state index is 0.229. The maximum Gasteiger partial charge on any atom is 0.235 e. The fraction of sp³-hybridized carbons (Fsp3) is 0.500. The highest BCUT2D eigenvalue weighted by Crippen LogP contribution is 2.23. The quantitative estimate of drug-likeness (QED) is 0.816. The van der Waals surface area contributed by atoms with Crippen molar-refractivity contribution >= 4 is 15.7 Å². The molecule has 0 unspecified atom stereocenters. The Morgan fingerprint density at radius 2 is 2.25 bits per heavy atom. The first-order chi connectivity index (χ1) is 7.63. The van der Waals surface area contributed by atoms with E-state index in [1.165, 1.54) is 4.31 Å². The number of sulfonamides is 1. The Kier molecular flexibility index (Phi) is 3.11. The lowest BCUT2D eigenvalue weighted by Crippen LogP contribution is -2.37. The molecule has 0 aromatic carbocycles. The van der Waals surface area contributed by atoms with Crippen molar-refractivity contribution in [2.45, 2.75) is 19.4 Å². The third-order valence-electron chi connectivity index (χ3n) is 2.65. The Balaban J connectivity index is 2.35. The average Bonchev–Trinajstić information content (AvgIpc) is 2.28. The fourth-order valence-corrected chi connectivity index (χ4v) is 3.44. The van der Waals surface area contributed by atoms with Gasteiger partial charge in [-0.15, -0.1) is 0 Å². The van der Waals surface area contributed by atoms with E-state index in [1.54, 1.807) is 18.3 Å². The molecule has 6 heteroatoms. The summed E-state index contributed by atoms with van der Waals surface area (Å²) < 4.78 is 25.2. The number of hydrogen-bond acceptors (Lipinski definition) is 4. The molecular weight excluding hydrogens is 226 g/mol. The number of aromatic nitrogens is 1. The van der Waals surface area contributed by atoms with E-state index in [1.807, 2.05) is 0 Å². The lowest BCUT2D eigenvalue weighted by atomic mass is 10.3. The summed E-state index contributed by atoms with van der Waals surface area (Å²) in [6.45, 7) is 0.873. The summed E-state index contributed by atoms with van der Waals surface area (Å²) in [5.74, 6) is 0.229. The van der Waals surface area contributed by atoms with Crippen molar-refractivity contribution in [3.05, 3.63) is 24.0 Å². The third-order valence-corrected chi connectivity index (χ3v) is 4.52. The minimum atomic E-state index is -3.14. The van der Waals surface area contributed by atoms with Gasteiger partial charge in [-0.25, -0.2) is 8.42 Å². The molecule has 88 valence electrons. The van der Waals surface area contributed by atoms with E-state index in [0.29, 0.717) is 24.5 Å². The van der Waals surface area contributed by atoms with Crippen LogP contribution in [0.4, 0.5) is 5.69 Å². The van der Waals surface area contributed by atoms with Gasteiger partial charge in [-0.1, -0.05) is 0 Å². The van der Waals surface area contributed by atoms with Gasteiger partial charge >= 0.3 is 0 Å². The molecule has 0 saturated carbocycles. The normalized spacial score (nSPS) is 19.7. The minimum Gasteiger partial charge on any atom is -0.325 e. The Hall–Kier alpha value is -1.14. The van der Waals surface area contributed by atoms with Gasteiger partial charge in [0, 0.05) is 19.3 Å². The van der Waals surface area contributed by atoms with E-state index in [-0.39, 0.29) is 5.75 Å². The second kappa shape index (κ2) is 4.39. The zero-order valence-electron chi connectivity index (χ0n) is 8.96. The highest BCUT2D eigenvalue weighted by molar-refractivity contribution is 7.92. The van der Waals surface area contributed by atoms with Crippen LogP contribution in [0.3, 0.4) is 0 Å². The Morgan fingerprint density at radius 3 is 2.94 bits per heavy atom. The van der Waals surface area contributed by atoms with Gasteiger partial charge in [-0.3, -0.25) is 9.29 Å². The predicted molar refractivity (Wildman–Crippen MR) is 62.5 cm³/mol. The van der Waals surface area contributed by atoms with Crippen LogP contribution in [0.5, 0.6) is 0 Å². The molecule has 0 atom stereocenters. The number of pyridine rings is 1. The van der Waals surface area contributed by atoms with Crippen molar-refractivity contribution in [3.63, 3.8) is 0 Å². The maximum absolute atomic E-state index is 11.9. The molecule has 0 spiro atoms. The van der Waals surface area contributed by atoms with Gasteiger partial charge in [0.25, 0.3) is 0 Å². The number of nitrogens with two attached hydrogens (primary N) is 1. The van der Waals surface area contributed by atoms with Crippen molar-refractivity contribution in [1.82, 2.24) is 4.98 Å². The fourth-order valence-electron chi connectivity index (χ4n) is 1.81. The van der Waals surface area contributed by atoms with Crippen LogP contribution in [0.1, 0.15) is 18.5 Å². The Bertz CT molecular complexity index is 473. The summed E-state index contributed by atoms with van der Waals surface area (Å²) in [5, 5.41) is 0.